The molecule has 1 aromatic rings. The van der Waals surface area contributed by atoms with Gasteiger partial charge in [0.2, 0.25) is 0 Å². The number of amidine groups is 1. The molecule has 19 heavy (non-hydrogen) atoms. The third kappa shape index (κ3) is 2.41. The van der Waals surface area contributed by atoms with Gasteiger partial charge in [0.1, 0.15) is 5.84 Å². The van der Waals surface area contributed by atoms with Gasteiger partial charge >= 0.3 is 0 Å². The molecular formula is C14H21N5. The Hall–Kier alpha value is -1.65. The fraction of sp³-hybridized carbons (Fsp3) is 0.643. The number of nitrogens with one attached hydrogen (secondary N) is 1. The third-order valence-electron chi connectivity index (χ3n) is 4.58. The molecule has 1 saturated carbocycles. The highest BCUT2D eigenvalue weighted by molar-refractivity contribution is 5.99. The molecule has 0 aromatic carbocycles. The van der Waals surface area contributed by atoms with Crippen LogP contribution in [0.25, 0.3) is 0 Å². The highest BCUT2D eigenvalue weighted by atomic mass is 15.3. The summed E-state index contributed by atoms with van der Waals surface area (Å²) < 4.78 is 0. The lowest BCUT2D eigenvalue weighted by atomic mass is 9.75. The fourth-order valence-corrected chi connectivity index (χ4v) is 3.56. The molecule has 2 heterocycles. The van der Waals surface area contributed by atoms with Gasteiger partial charge in [-0.2, -0.15) is 5.10 Å². The van der Waals surface area contributed by atoms with E-state index in [1.165, 1.54) is 32.1 Å². The topological polar surface area (TPSA) is 78.9 Å². The number of nitrogens with zero attached hydrogens (tertiary/aromatic N) is 3. The number of hydrogen-bond donors (Lipinski definition) is 2. The summed E-state index contributed by atoms with van der Waals surface area (Å²) in [4.78, 5) is 2.27. The Morgan fingerprint density at radius 3 is 2.84 bits per heavy atom. The van der Waals surface area contributed by atoms with Crippen molar-refractivity contribution in [2.45, 2.75) is 32.1 Å². The third-order valence-corrected chi connectivity index (χ3v) is 4.58. The van der Waals surface area contributed by atoms with E-state index >= 15 is 0 Å². The van der Waals surface area contributed by atoms with Crippen molar-refractivity contribution in [3.05, 3.63) is 17.8 Å². The van der Waals surface area contributed by atoms with Crippen LogP contribution in [-0.4, -0.2) is 29.1 Å². The van der Waals surface area contributed by atoms with E-state index in [0.29, 0.717) is 5.56 Å². The van der Waals surface area contributed by atoms with Crippen molar-refractivity contribution in [1.29, 1.82) is 5.41 Å². The summed E-state index contributed by atoms with van der Waals surface area (Å²) in [7, 11) is 0. The number of fused-ring (bicyclic) bond motifs is 1. The number of nitrogens with two attached hydrogens (primary N) is 1. The number of aromatic nitrogens is 2. The number of rotatable bonds is 2. The lowest BCUT2D eigenvalue weighted by molar-refractivity contribution is 0.202. The van der Waals surface area contributed by atoms with Gasteiger partial charge < -0.3 is 10.6 Å². The van der Waals surface area contributed by atoms with Gasteiger partial charge in [0.25, 0.3) is 0 Å². The molecule has 0 radical (unpaired) electrons. The zero-order valence-corrected chi connectivity index (χ0v) is 11.2. The summed E-state index contributed by atoms with van der Waals surface area (Å²) in [5.74, 6) is 2.54. The highest BCUT2D eigenvalue weighted by Crippen LogP contribution is 2.37. The van der Waals surface area contributed by atoms with E-state index < -0.39 is 0 Å². The standard InChI is InChI=1S/C14H21N5/c15-13(16)12-5-7-17-18-14(12)19-8-6-10-3-1-2-4-11(10)9-19/h5,7,10-11H,1-4,6,8-9H2,(H3,15,16). The first kappa shape index (κ1) is 12.4. The predicted molar refractivity (Wildman–Crippen MR) is 75.3 cm³/mol. The Bertz CT molecular complexity index is 473. The normalized spacial score (nSPS) is 26.8. The predicted octanol–water partition coefficient (Wildman–Crippen LogP) is 1.78. The van der Waals surface area contributed by atoms with Crippen LogP contribution in [0.2, 0.25) is 0 Å². The van der Waals surface area contributed by atoms with Crippen molar-refractivity contribution in [2.75, 3.05) is 18.0 Å². The average Bonchev–Trinajstić information content (AvgIpc) is 2.46. The molecule has 1 aromatic heterocycles. The van der Waals surface area contributed by atoms with Crippen LogP contribution in [0, 0.1) is 17.2 Å². The molecule has 102 valence electrons. The monoisotopic (exact) mass is 259 g/mol. The Morgan fingerprint density at radius 2 is 2.05 bits per heavy atom. The van der Waals surface area contributed by atoms with Crippen molar-refractivity contribution >= 4 is 11.7 Å². The fourth-order valence-electron chi connectivity index (χ4n) is 3.56. The first-order valence-electron chi connectivity index (χ1n) is 7.16. The molecule has 2 aliphatic rings. The second-order valence-electron chi connectivity index (χ2n) is 5.72. The Balaban J connectivity index is 1.81. The second kappa shape index (κ2) is 5.15. The van der Waals surface area contributed by atoms with Crippen molar-refractivity contribution in [3.8, 4) is 0 Å². The number of piperidine rings is 1. The molecule has 0 spiro atoms. The van der Waals surface area contributed by atoms with Crippen LogP contribution < -0.4 is 10.6 Å². The summed E-state index contributed by atoms with van der Waals surface area (Å²) in [5, 5.41) is 15.8. The van der Waals surface area contributed by atoms with Crippen LogP contribution >= 0.6 is 0 Å². The minimum Gasteiger partial charge on any atom is -0.384 e. The van der Waals surface area contributed by atoms with E-state index in [1.54, 1.807) is 12.3 Å². The van der Waals surface area contributed by atoms with E-state index in [1.807, 2.05) is 0 Å². The van der Waals surface area contributed by atoms with E-state index in [4.69, 9.17) is 11.1 Å². The van der Waals surface area contributed by atoms with Gasteiger partial charge in [0, 0.05) is 13.1 Å². The summed E-state index contributed by atoms with van der Waals surface area (Å²) in [5.41, 5.74) is 6.35. The Kier molecular flexibility index (Phi) is 3.36. The van der Waals surface area contributed by atoms with Gasteiger partial charge in [-0.15, -0.1) is 5.10 Å². The van der Waals surface area contributed by atoms with Crippen molar-refractivity contribution in [3.63, 3.8) is 0 Å². The molecule has 1 aliphatic heterocycles. The number of nitrogen functional groups attached to an aromatic ring is 1. The minimum atomic E-state index is 0.0793. The summed E-state index contributed by atoms with van der Waals surface area (Å²) in [6.07, 6.45) is 8.31. The maximum atomic E-state index is 7.66. The van der Waals surface area contributed by atoms with Crippen molar-refractivity contribution < 1.29 is 0 Å². The Labute approximate surface area is 113 Å². The first-order chi connectivity index (χ1) is 9.25. The van der Waals surface area contributed by atoms with Gasteiger partial charge in [-0.1, -0.05) is 19.3 Å². The van der Waals surface area contributed by atoms with E-state index in [0.717, 1.165) is 30.7 Å². The van der Waals surface area contributed by atoms with Crippen LogP contribution in [0.1, 0.15) is 37.7 Å². The number of anilines is 1. The molecule has 3 N–H and O–H groups in total. The SMILES string of the molecule is N=C(N)c1ccnnc1N1CCC2CCCCC2C1. The van der Waals surface area contributed by atoms with E-state index in [9.17, 15) is 0 Å². The molecule has 0 amide bonds. The van der Waals surface area contributed by atoms with Crippen LogP contribution in [0.15, 0.2) is 12.3 Å². The quantitative estimate of drug-likeness (QED) is 0.627. The molecule has 5 heteroatoms. The molecule has 2 fully saturated rings. The van der Waals surface area contributed by atoms with Crippen molar-refractivity contribution in [2.24, 2.45) is 17.6 Å². The smallest absolute Gasteiger partial charge is 0.162 e. The Morgan fingerprint density at radius 1 is 1.26 bits per heavy atom. The zero-order valence-electron chi connectivity index (χ0n) is 11.2. The maximum absolute atomic E-state index is 7.66. The highest BCUT2D eigenvalue weighted by Gasteiger charge is 2.32. The molecule has 2 atom stereocenters. The van der Waals surface area contributed by atoms with Crippen LogP contribution in [0.3, 0.4) is 0 Å². The lowest BCUT2D eigenvalue weighted by Gasteiger charge is -2.42. The molecule has 3 rings (SSSR count). The molecule has 2 unspecified atom stereocenters. The van der Waals surface area contributed by atoms with Crippen molar-refractivity contribution in [1.82, 2.24) is 10.2 Å². The minimum absolute atomic E-state index is 0.0793. The second-order valence-corrected chi connectivity index (χ2v) is 5.72. The van der Waals surface area contributed by atoms with Gasteiger partial charge in [-0.05, 0) is 30.7 Å². The summed E-state index contributed by atoms with van der Waals surface area (Å²) in [6, 6.07) is 1.79. The molecule has 1 saturated heterocycles. The van der Waals surface area contributed by atoms with Crippen LogP contribution in [0.5, 0.6) is 0 Å². The summed E-state index contributed by atoms with van der Waals surface area (Å²) in [6.45, 7) is 2.06. The molecule has 5 nitrogen and oxygen atoms in total. The molecule has 0 bridgehead atoms. The van der Waals surface area contributed by atoms with Gasteiger partial charge in [0.05, 0.1) is 11.8 Å². The number of hydrogen-bond acceptors (Lipinski definition) is 4. The van der Waals surface area contributed by atoms with Gasteiger partial charge in [-0.3, -0.25) is 5.41 Å². The van der Waals surface area contributed by atoms with E-state index in [-0.39, 0.29) is 5.84 Å². The van der Waals surface area contributed by atoms with Gasteiger partial charge in [-0.25, -0.2) is 0 Å². The summed E-state index contributed by atoms with van der Waals surface area (Å²) >= 11 is 0. The maximum Gasteiger partial charge on any atom is 0.162 e. The van der Waals surface area contributed by atoms with Crippen LogP contribution in [0.4, 0.5) is 5.82 Å². The largest absolute Gasteiger partial charge is 0.384 e. The average molecular weight is 259 g/mol. The van der Waals surface area contributed by atoms with E-state index in [2.05, 4.69) is 15.1 Å². The molecular weight excluding hydrogens is 238 g/mol. The lowest BCUT2D eigenvalue weighted by Crippen LogP contribution is -2.43. The first-order valence-corrected chi connectivity index (χ1v) is 7.16. The van der Waals surface area contributed by atoms with Gasteiger partial charge in [0.15, 0.2) is 5.82 Å². The molecule has 1 aliphatic carbocycles. The zero-order chi connectivity index (χ0) is 13.2. The van der Waals surface area contributed by atoms with Crippen LogP contribution in [-0.2, 0) is 0 Å².